The van der Waals surface area contributed by atoms with Gasteiger partial charge in [-0.05, 0) is 55.5 Å². The van der Waals surface area contributed by atoms with Crippen molar-refractivity contribution in [3.63, 3.8) is 0 Å². The van der Waals surface area contributed by atoms with E-state index in [2.05, 4.69) is 5.32 Å². The minimum Gasteiger partial charge on any atom is -0.353 e. The number of carbonyl (C=O) groups is 1. The first kappa shape index (κ1) is 16.7. The number of benzene rings is 1. The van der Waals surface area contributed by atoms with Crippen molar-refractivity contribution in [2.45, 2.75) is 57.8 Å². The summed E-state index contributed by atoms with van der Waals surface area (Å²) in [6.45, 7) is 5.37. The van der Waals surface area contributed by atoms with Gasteiger partial charge in [0.05, 0.1) is 19.6 Å². The van der Waals surface area contributed by atoms with Crippen LogP contribution in [0, 0.1) is 13.8 Å². The molecule has 23 heavy (non-hydrogen) atoms. The van der Waals surface area contributed by atoms with Gasteiger partial charge in [0.15, 0.2) is 5.79 Å². The molecule has 0 aromatic heterocycles. The molecular formula is C18H24ClNO3. The minimum atomic E-state index is -0.370. The standard InChI is InChI=1S/C18H24ClNO3/c1-12-9-14(19)10-13(2)16(12)11-17(21)20-15-3-5-18(6-4-15)22-7-8-23-18/h9-10,15H,3-8,11H2,1-2H3,(H,20,21). The maximum Gasteiger partial charge on any atom is 0.224 e. The quantitative estimate of drug-likeness (QED) is 0.920. The van der Waals surface area contributed by atoms with Crippen molar-refractivity contribution in [3.05, 3.63) is 33.8 Å². The average Bonchev–Trinajstić information content (AvgIpc) is 2.94. The number of amides is 1. The molecule has 1 amide bonds. The van der Waals surface area contributed by atoms with Crippen LogP contribution in [0.15, 0.2) is 12.1 Å². The molecule has 1 saturated heterocycles. The van der Waals surface area contributed by atoms with Gasteiger partial charge in [0.25, 0.3) is 0 Å². The molecule has 3 rings (SSSR count). The zero-order valence-electron chi connectivity index (χ0n) is 13.8. The Kier molecular flexibility index (Phi) is 4.95. The molecule has 0 radical (unpaired) electrons. The first-order valence-corrected chi connectivity index (χ1v) is 8.68. The van der Waals surface area contributed by atoms with Gasteiger partial charge in [0.2, 0.25) is 5.91 Å². The lowest BCUT2D eigenvalue weighted by molar-refractivity contribution is -0.180. The highest BCUT2D eigenvalue weighted by molar-refractivity contribution is 6.30. The Morgan fingerprint density at radius 2 is 1.78 bits per heavy atom. The van der Waals surface area contributed by atoms with Gasteiger partial charge >= 0.3 is 0 Å². The molecule has 0 atom stereocenters. The maximum absolute atomic E-state index is 12.4. The molecule has 1 aliphatic heterocycles. The second-order valence-electron chi connectivity index (χ2n) is 6.64. The van der Waals surface area contributed by atoms with E-state index in [1.807, 2.05) is 26.0 Å². The summed E-state index contributed by atoms with van der Waals surface area (Å²) in [6.07, 6.45) is 3.94. The molecule has 1 aromatic carbocycles. The SMILES string of the molecule is Cc1cc(Cl)cc(C)c1CC(=O)NC1CCC2(CC1)OCCO2. The summed E-state index contributed by atoms with van der Waals surface area (Å²) in [6, 6.07) is 4.04. The Bertz CT molecular complexity index is 563. The van der Waals surface area contributed by atoms with E-state index in [9.17, 15) is 4.79 Å². The van der Waals surface area contributed by atoms with Gasteiger partial charge in [-0.1, -0.05) is 11.6 Å². The van der Waals surface area contributed by atoms with Gasteiger partial charge in [-0.25, -0.2) is 0 Å². The van der Waals surface area contributed by atoms with Gasteiger partial charge < -0.3 is 14.8 Å². The molecule has 2 fully saturated rings. The lowest BCUT2D eigenvalue weighted by Crippen LogP contribution is -2.44. The molecule has 5 heteroatoms. The second-order valence-corrected chi connectivity index (χ2v) is 7.08. The lowest BCUT2D eigenvalue weighted by Gasteiger charge is -2.35. The van der Waals surface area contributed by atoms with Crippen LogP contribution in [-0.2, 0) is 20.7 Å². The van der Waals surface area contributed by atoms with Crippen LogP contribution in [0.2, 0.25) is 5.02 Å². The summed E-state index contributed by atoms with van der Waals surface area (Å²) in [5.41, 5.74) is 3.21. The molecule has 1 heterocycles. The topological polar surface area (TPSA) is 47.6 Å². The first-order valence-electron chi connectivity index (χ1n) is 8.30. The highest BCUT2D eigenvalue weighted by Gasteiger charge is 2.40. The Morgan fingerprint density at radius 1 is 1.22 bits per heavy atom. The Hall–Kier alpha value is -1.10. The minimum absolute atomic E-state index is 0.0766. The molecule has 126 valence electrons. The summed E-state index contributed by atoms with van der Waals surface area (Å²) < 4.78 is 11.5. The number of nitrogens with one attached hydrogen (secondary N) is 1. The number of aryl methyl sites for hydroxylation is 2. The smallest absolute Gasteiger partial charge is 0.224 e. The number of ether oxygens (including phenoxy) is 2. The van der Waals surface area contributed by atoms with Crippen LogP contribution < -0.4 is 5.32 Å². The second kappa shape index (κ2) is 6.80. The van der Waals surface area contributed by atoms with Gasteiger partial charge in [-0.3, -0.25) is 4.79 Å². The third-order valence-corrected chi connectivity index (χ3v) is 5.14. The molecule has 1 spiro atoms. The number of carbonyl (C=O) groups excluding carboxylic acids is 1. The molecular weight excluding hydrogens is 314 g/mol. The zero-order chi connectivity index (χ0) is 16.4. The van der Waals surface area contributed by atoms with Crippen LogP contribution >= 0.6 is 11.6 Å². The van der Waals surface area contributed by atoms with Crippen LogP contribution in [0.4, 0.5) is 0 Å². The number of hydrogen-bond donors (Lipinski definition) is 1. The predicted octanol–water partition coefficient (Wildman–Crippen LogP) is 3.30. The number of rotatable bonds is 3. The molecule has 1 aliphatic carbocycles. The van der Waals surface area contributed by atoms with E-state index in [0.29, 0.717) is 19.6 Å². The highest BCUT2D eigenvalue weighted by Crippen LogP contribution is 2.35. The van der Waals surface area contributed by atoms with Gasteiger partial charge in [0, 0.05) is 23.9 Å². The normalized spacial score (nSPS) is 20.8. The van der Waals surface area contributed by atoms with E-state index in [4.69, 9.17) is 21.1 Å². The number of halogens is 1. The summed E-state index contributed by atoms with van der Waals surface area (Å²) in [7, 11) is 0. The Labute approximate surface area is 142 Å². The Morgan fingerprint density at radius 3 is 2.35 bits per heavy atom. The summed E-state index contributed by atoms with van der Waals surface area (Å²) >= 11 is 6.05. The van der Waals surface area contributed by atoms with Crippen molar-refractivity contribution in [2.75, 3.05) is 13.2 Å². The Balaban J connectivity index is 1.54. The lowest BCUT2D eigenvalue weighted by atomic mass is 9.89. The van der Waals surface area contributed by atoms with Gasteiger partial charge in [-0.2, -0.15) is 0 Å². The third-order valence-electron chi connectivity index (χ3n) is 4.92. The van der Waals surface area contributed by atoms with Gasteiger partial charge in [0.1, 0.15) is 0 Å². The van der Waals surface area contributed by atoms with E-state index in [0.717, 1.165) is 47.4 Å². The van der Waals surface area contributed by atoms with Crippen molar-refractivity contribution >= 4 is 17.5 Å². The van der Waals surface area contributed by atoms with E-state index >= 15 is 0 Å². The fourth-order valence-corrected chi connectivity index (χ4v) is 3.97. The zero-order valence-corrected chi connectivity index (χ0v) is 14.5. The fourth-order valence-electron chi connectivity index (χ4n) is 3.65. The van der Waals surface area contributed by atoms with Crippen LogP contribution in [0.5, 0.6) is 0 Å². The molecule has 1 aromatic rings. The van der Waals surface area contributed by atoms with Crippen molar-refractivity contribution in [2.24, 2.45) is 0 Å². The van der Waals surface area contributed by atoms with E-state index in [-0.39, 0.29) is 17.7 Å². The van der Waals surface area contributed by atoms with Crippen molar-refractivity contribution in [1.82, 2.24) is 5.32 Å². The van der Waals surface area contributed by atoms with Gasteiger partial charge in [-0.15, -0.1) is 0 Å². The van der Waals surface area contributed by atoms with E-state index in [1.165, 1.54) is 0 Å². The predicted molar refractivity (Wildman–Crippen MR) is 89.7 cm³/mol. The fraction of sp³-hybridized carbons (Fsp3) is 0.611. The van der Waals surface area contributed by atoms with Crippen molar-refractivity contribution in [3.8, 4) is 0 Å². The summed E-state index contributed by atoms with van der Waals surface area (Å²) in [5, 5.41) is 3.88. The monoisotopic (exact) mass is 337 g/mol. The van der Waals surface area contributed by atoms with Crippen LogP contribution in [0.3, 0.4) is 0 Å². The molecule has 4 nitrogen and oxygen atoms in total. The average molecular weight is 338 g/mol. The largest absolute Gasteiger partial charge is 0.353 e. The van der Waals surface area contributed by atoms with Crippen LogP contribution in [0.1, 0.15) is 42.4 Å². The van der Waals surface area contributed by atoms with Crippen molar-refractivity contribution in [1.29, 1.82) is 0 Å². The summed E-state index contributed by atoms with van der Waals surface area (Å²) in [4.78, 5) is 12.4. The molecule has 1 N–H and O–H groups in total. The van der Waals surface area contributed by atoms with Crippen LogP contribution in [0.25, 0.3) is 0 Å². The molecule has 2 aliphatic rings. The molecule has 0 bridgehead atoms. The van der Waals surface area contributed by atoms with E-state index in [1.54, 1.807) is 0 Å². The van der Waals surface area contributed by atoms with Crippen LogP contribution in [-0.4, -0.2) is 30.9 Å². The van der Waals surface area contributed by atoms with E-state index < -0.39 is 0 Å². The maximum atomic E-state index is 12.4. The molecule has 1 saturated carbocycles. The molecule has 0 unspecified atom stereocenters. The summed E-state index contributed by atoms with van der Waals surface area (Å²) in [5.74, 6) is -0.294. The third kappa shape index (κ3) is 3.87. The number of hydrogen-bond acceptors (Lipinski definition) is 3. The first-order chi connectivity index (χ1) is 11.0. The van der Waals surface area contributed by atoms with Crippen molar-refractivity contribution < 1.29 is 14.3 Å². The highest BCUT2D eigenvalue weighted by atomic mass is 35.5.